The lowest BCUT2D eigenvalue weighted by molar-refractivity contribution is 0.628. The summed E-state index contributed by atoms with van der Waals surface area (Å²) in [5.74, 6) is -0.202. The van der Waals surface area contributed by atoms with Crippen LogP contribution in [-0.2, 0) is 6.42 Å². The molecule has 0 saturated carbocycles. The van der Waals surface area contributed by atoms with Gasteiger partial charge < -0.3 is 3.53 Å². The monoisotopic (exact) mass is 408 g/mol. The van der Waals surface area contributed by atoms with Crippen molar-refractivity contribution >= 4 is 39.3 Å². The number of anilines is 1. The van der Waals surface area contributed by atoms with E-state index in [0.29, 0.717) is 0 Å². The Morgan fingerprint density at radius 3 is 2.81 bits per heavy atom. The molecule has 2 aromatic carbocycles. The maximum Gasteiger partial charge on any atom is 0.192 e. The van der Waals surface area contributed by atoms with E-state index in [2.05, 4.69) is 43.5 Å². The van der Waals surface area contributed by atoms with E-state index in [1.807, 2.05) is 12.1 Å². The molecule has 104 valence electrons. The lowest BCUT2D eigenvalue weighted by Gasteiger charge is -2.05. The molecule has 0 unspecified atom stereocenters. The molecule has 5 heteroatoms. The molecule has 0 fully saturated rings. The lowest BCUT2D eigenvalue weighted by Crippen LogP contribution is -1.86. The van der Waals surface area contributed by atoms with Gasteiger partial charge in [-0.3, -0.25) is 0 Å². The Labute approximate surface area is 139 Å². The third-order valence-electron chi connectivity index (χ3n) is 3.65. The zero-order valence-electron chi connectivity index (χ0n) is 10.9. The summed E-state index contributed by atoms with van der Waals surface area (Å²) in [5, 5.41) is 0.945. The molecule has 0 radical (unpaired) electrons. The lowest BCUT2D eigenvalue weighted by atomic mass is 10.00. The van der Waals surface area contributed by atoms with Crippen LogP contribution in [-0.4, -0.2) is 4.98 Å². The fraction of sp³-hybridized carbons (Fsp3) is 0.0625. The third-order valence-corrected chi connectivity index (χ3v) is 5.50. The molecule has 0 spiro atoms. The summed E-state index contributed by atoms with van der Waals surface area (Å²) in [5.41, 5.74) is 5.51. The highest BCUT2D eigenvalue weighted by atomic mass is 127. The predicted molar refractivity (Wildman–Crippen MR) is 93.4 cm³/mol. The van der Waals surface area contributed by atoms with Crippen molar-refractivity contribution in [2.75, 3.05) is 3.53 Å². The fourth-order valence-corrected chi connectivity index (χ4v) is 4.05. The van der Waals surface area contributed by atoms with Gasteiger partial charge in [-0.25, -0.2) is 9.37 Å². The van der Waals surface area contributed by atoms with Crippen molar-refractivity contribution in [2.45, 2.75) is 6.42 Å². The Morgan fingerprint density at radius 1 is 1.14 bits per heavy atom. The minimum absolute atomic E-state index is 0.202. The smallest absolute Gasteiger partial charge is 0.192 e. The zero-order valence-corrected chi connectivity index (χ0v) is 13.8. The van der Waals surface area contributed by atoms with Gasteiger partial charge in [-0.1, -0.05) is 30.3 Å². The topological polar surface area (TPSA) is 24.9 Å². The van der Waals surface area contributed by atoms with Crippen LogP contribution < -0.4 is 3.53 Å². The number of thiazole rings is 1. The first-order chi connectivity index (χ1) is 10.2. The number of hydrogen-bond donors (Lipinski definition) is 1. The molecule has 0 bridgehead atoms. The second kappa shape index (κ2) is 5.06. The van der Waals surface area contributed by atoms with Crippen molar-refractivity contribution in [1.29, 1.82) is 0 Å². The van der Waals surface area contributed by atoms with Crippen molar-refractivity contribution in [1.82, 2.24) is 4.98 Å². The Balaban J connectivity index is 1.78. The van der Waals surface area contributed by atoms with Crippen LogP contribution >= 0.6 is 34.2 Å². The molecule has 1 aliphatic carbocycles. The highest BCUT2D eigenvalue weighted by Crippen LogP contribution is 2.42. The third kappa shape index (κ3) is 2.24. The normalized spacial score (nSPS) is 12.1. The Morgan fingerprint density at radius 2 is 2.00 bits per heavy atom. The van der Waals surface area contributed by atoms with Crippen molar-refractivity contribution in [3.05, 3.63) is 58.7 Å². The van der Waals surface area contributed by atoms with Crippen molar-refractivity contribution < 1.29 is 4.39 Å². The van der Waals surface area contributed by atoms with Crippen LogP contribution in [0.5, 0.6) is 0 Å². The number of aromatic nitrogens is 1. The number of nitrogens with one attached hydrogen (secondary N) is 1. The quantitative estimate of drug-likeness (QED) is 0.361. The van der Waals surface area contributed by atoms with Gasteiger partial charge >= 0.3 is 0 Å². The van der Waals surface area contributed by atoms with Gasteiger partial charge in [0, 0.05) is 16.9 Å². The van der Waals surface area contributed by atoms with Crippen LogP contribution in [0.2, 0.25) is 0 Å². The number of nitrogens with zero attached hydrogens (tertiary/aromatic N) is 1. The van der Waals surface area contributed by atoms with Gasteiger partial charge in [0.15, 0.2) is 5.13 Å². The standard InChI is InChI=1S/C16H10FIN2S/c17-12-3-1-2-9(7-12)10-4-5-13-11(6-10)8-14-15(13)19-16(20-18)21-14/h1-7H,8H2,(H,19,20). The molecule has 2 nitrogen and oxygen atoms in total. The molecule has 4 rings (SSSR count). The Bertz CT molecular complexity index is 844. The number of rotatable bonds is 2. The Kier molecular flexibility index (Phi) is 3.19. The first kappa shape index (κ1) is 13.2. The van der Waals surface area contributed by atoms with Crippen LogP contribution in [0.15, 0.2) is 42.5 Å². The highest BCUT2D eigenvalue weighted by molar-refractivity contribution is 14.1. The second-order valence-electron chi connectivity index (χ2n) is 4.94. The van der Waals surface area contributed by atoms with Gasteiger partial charge in [0.25, 0.3) is 0 Å². The largest absolute Gasteiger partial charge is 0.304 e. The van der Waals surface area contributed by atoms with Gasteiger partial charge in [0.1, 0.15) is 5.82 Å². The first-order valence-corrected chi connectivity index (χ1v) is 8.40. The molecule has 1 aliphatic rings. The molecule has 1 aromatic heterocycles. The fourth-order valence-electron chi connectivity index (χ4n) is 2.71. The molecule has 3 aromatic rings. The minimum atomic E-state index is -0.202. The predicted octanol–water partition coefficient (Wildman–Crippen LogP) is 5.28. The average molecular weight is 408 g/mol. The van der Waals surface area contributed by atoms with Crippen molar-refractivity contribution in [3.63, 3.8) is 0 Å². The molecular formula is C16H10FIN2S. The van der Waals surface area contributed by atoms with Crippen LogP contribution in [0.3, 0.4) is 0 Å². The van der Waals surface area contributed by atoms with E-state index in [0.717, 1.165) is 28.4 Å². The number of hydrogen-bond acceptors (Lipinski definition) is 3. The van der Waals surface area contributed by atoms with E-state index in [-0.39, 0.29) is 5.82 Å². The summed E-state index contributed by atoms with van der Waals surface area (Å²) in [6.07, 6.45) is 0.907. The van der Waals surface area contributed by atoms with E-state index in [4.69, 9.17) is 0 Å². The van der Waals surface area contributed by atoms with E-state index in [1.54, 1.807) is 23.5 Å². The minimum Gasteiger partial charge on any atom is -0.304 e. The number of fused-ring (bicyclic) bond motifs is 3. The molecule has 1 heterocycles. The molecule has 0 saturated heterocycles. The maximum atomic E-state index is 13.4. The Hall–Kier alpha value is -1.47. The molecular weight excluding hydrogens is 398 g/mol. The second-order valence-corrected chi connectivity index (χ2v) is 6.57. The summed E-state index contributed by atoms with van der Waals surface area (Å²) in [7, 11) is 0. The van der Waals surface area contributed by atoms with Crippen LogP contribution in [0.4, 0.5) is 9.52 Å². The summed E-state index contributed by atoms with van der Waals surface area (Å²) >= 11 is 3.79. The first-order valence-electron chi connectivity index (χ1n) is 6.50. The molecule has 0 aliphatic heterocycles. The summed E-state index contributed by atoms with van der Waals surface area (Å²) in [6.45, 7) is 0. The van der Waals surface area contributed by atoms with E-state index in [9.17, 15) is 4.39 Å². The van der Waals surface area contributed by atoms with E-state index in [1.165, 1.54) is 22.1 Å². The molecule has 0 amide bonds. The van der Waals surface area contributed by atoms with Gasteiger partial charge in [0.05, 0.1) is 28.6 Å². The maximum absolute atomic E-state index is 13.4. The highest BCUT2D eigenvalue weighted by Gasteiger charge is 2.23. The number of benzene rings is 2. The summed E-state index contributed by atoms with van der Waals surface area (Å²) in [6, 6.07) is 13.0. The van der Waals surface area contributed by atoms with Gasteiger partial charge in [-0.2, -0.15) is 0 Å². The molecule has 1 N–H and O–H groups in total. The molecule has 0 atom stereocenters. The van der Waals surface area contributed by atoms with Gasteiger partial charge in [-0.15, -0.1) is 11.3 Å². The van der Waals surface area contributed by atoms with Crippen LogP contribution in [0.25, 0.3) is 22.4 Å². The average Bonchev–Trinajstić information content (AvgIpc) is 3.03. The van der Waals surface area contributed by atoms with Gasteiger partial charge in [0.2, 0.25) is 0 Å². The van der Waals surface area contributed by atoms with Crippen LogP contribution in [0, 0.1) is 5.82 Å². The number of halogens is 2. The van der Waals surface area contributed by atoms with Crippen LogP contribution in [0.1, 0.15) is 10.4 Å². The summed E-state index contributed by atoms with van der Waals surface area (Å²) in [4.78, 5) is 5.90. The summed E-state index contributed by atoms with van der Waals surface area (Å²) < 4.78 is 16.4. The van der Waals surface area contributed by atoms with Crippen molar-refractivity contribution in [2.24, 2.45) is 0 Å². The molecule has 21 heavy (non-hydrogen) atoms. The van der Waals surface area contributed by atoms with E-state index >= 15 is 0 Å². The van der Waals surface area contributed by atoms with Gasteiger partial charge in [-0.05, 0) is 28.8 Å². The van der Waals surface area contributed by atoms with Crippen molar-refractivity contribution in [3.8, 4) is 22.4 Å². The van der Waals surface area contributed by atoms with E-state index < -0.39 is 0 Å². The zero-order chi connectivity index (χ0) is 14.4. The SMILES string of the molecule is Fc1cccc(-c2ccc3c(c2)Cc2sc(NI)nc2-3)c1.